The van der Waals surface area contributed by atoms with E-state index in [1.54, 1.807) is 24.3 Å². The number of benzene rings is 1. The zero-order chi connectivity index (χ0) is 21.3. The van der Waals surface area contributed by atoms with E-state index in [0.29, 0.717) is 25.0 Å². The van der Waals surface area contributed by atoms with Gasteiger partial charge in [0.1, 0.15) is 5.75 Å². The molecule has 1 heterocycles. The van der Waals surface area contributed by atoms with Gasteiger partial charge in [-0.25, -0.2) is 4.79 Å². The van der Waals surface area contributed by atoms with Crippen LogP contribution in [0.25, 0.3) is 0 Å². The van der Waals surface area contributed by atoms with E-state index < -0.39 is 5.97 Å². The number of carbonyl (C=O) groups excluding carboxylic acids is 2. The van der Waals surface area contributed by atoms with Crippen molar-refractivity contribution in [3.63, 3.8) is 0 Å². The van der Waals surface area contributed by atoms with Crippen molar-refractivity contribution in [1.82, 2.24) is 0 Å². The molecule has 0 aliphatic carbocycles. The molecule has 1 fully saturated rings. The van der Waals surface area contributed by atoms with Crippen LogP contribution in [-0.2, 0) is 14.3 Å². The predicted molar refractivity (Wildman–Crippen MR) is 111 cm³/mol. The highest BCUT2D eigenvalue weighted by molar-refractivity contribution is 5.87. The van der Waals surface area contributed by atoms with Crippen molar-refractivity contribution in [2.75, 3.05) is 6.61 Å². The van der Waals surface area contributed by atoms with E-state index in [9.17, 15) is 14.4 Å². The highest BCUT2D eigenvalue weighted by atomic mass is 16.6. The van der Waals surface area contributed by atoms with Crippen LogP contribution in [0.3, 0.4) is 0 Å². The maximum atomic E-state index is 11.0. The first-order chi connectivity index (χ1) is 14.0. The number of rotatable bonds is 7. The molecule has 0 spiro atoms. The largest absolute Gasteiger partial charge is 0.494 e. The van der Waals surface area contributed by atoms with Gasteiger partial charge in [-0.1, -0.05) is 51.9 Å². The maximum absolute atomic E-state index is 11.0. The summed E-state index contributed by atoms with van der Waals surface area (Å²) in [6.45, 7) is 2.87. The lowest BCUT2D eigenvalue weighted by Gasteiger charge is -2.05. The quantitative estimate of drug-likeness (QED) is 0.363. The van der Waals surface area contributed by atoms with E-state index in [4.69, 9.17) is 9.84 Å². The first kappa shape index (κ1) is 24.7. The molecule has 1 N–H and O–H groups in total. The number of unbranched alkanes of at least 4 members (excludes halogenated alkanes) is 3. The molecule has 6 heteroatoms. The summed E-state index contributed by atoms with van der Waals surface area (Å²) < 4.78 is 10.1. The summed E-state index contributed by atoms with van der Waals surface area (Å²) in [4.78, 5) is 32.6. The molecule has 6 nitrogen and oxygen atoms in total. The van der Waals surface area contributed by atoms with Crippen molar-refractivity contribution in [3.05, 3.63) is 29.8 Å². The molecule has 0 unspecified atom stereocenters. The zero-order valence-corrected chi connectivity index (χ0v) is 17.5. The van der Waals surface area contributed by atoms with Gasteiger partial charge in [-0.3, -0.25) is 9.59 Å². The minimum Gasteiger partial charge on any atom is -0.494 e. The molecule has 0 amide bonds. The lowest BCUT2D eigenvalue weighted by Crippen LogP contribution is -2.11. The molecule has 162 valence electrons. The Morgan fingerprint density at radius 3 is 1.97 bits per heavy atom. The standard InChI is InChI=1S/C13H18O3.C10H16O3/c1-2-3-4-5-10-16-12-8-6-11(7-9-12)13(14)15;11-9-7-5-3-1-2-4-6-8-10(12)13-9/h6-9H,2-5,10H2,1H3,(H,14,15);1-8H2. The lowest BCUT2D eigenvalue weighted by molar-refractivity contribution is -0.159. The van der Waals surface area contributed by atoms with Crippen LogP contribution in [-0.4, -0.2) is 29.6 Å². The molecular formula is C23H34O6. The van der Waals surface area contributed by atoms with Gasteiger partial charge in [-0.15, -0.1) is 0 Å². The smallest absolute Gasteiger partial charge is 0.335 e. The van der Waals surface area contributed by atoms with Crippen molar-refractivity contribution in [2.45, 2.75) is 84.0 Å². The second-order valence-electron chi connectivity index (χ2n) is 7.21. The molecule has 2 rings (SSSR count). The van der Waals surface area contributed by atoms with Crippen molar-refractivity contribution in [1.29, 1.82) is 0 Å². The summed E-state index contributed by atoms with van der Waals surface area (Å²) in [6.07, 6.45) is 11.7. The maximum Gasteiger partial charge on any atom is 0.335 e. The molecule has 1 aromatic carbocycles. The number of ether oxygens (including phenoxy) is 2. The van der Waals surface area contributed by atoms with Crippen LogP contribution in [0.15, 0.2) is 24.3 Å². The van der Waals surface area contributed by atoms with Crippen LogP contribution < -0.4 is 4.74 Å². The van der Waals surface area contributed by atoms with E-state index in [-0.39, 0.29) is 11.9 Å². The Bertz CT molecular complexity index is 588. The summed E-state index contributed by atoms with van der Waals surface area (Å²) in [5.74, 6) is -0.880. The van der Waals surface area contributed by atoms with Crippen LogP contribution in [0.4, 0.5) is 0 Å². The second kappa shape index (κ2) is 15.5. The van der Waals surface area contributed by atoms with Gasteiger partial charge in [0.15, 0.2) is 0 Å². The van der Waals surface area contributed by atoms with Gasteiger partial charge < -0.3 is 14.6 Å². The van der Waals surface area contributed by atoms with Gasteiger partial charge in [0.25, 0.3) is 0 Å². The second-order valence-corrected chi connectivity index (χ2v) is 7.21. The third-order valence-corrected chi connectivity index (χ3v) is 4.61. The van der Waals surface area contributed by atoms with E-state index >= 15 is 0 Å². The fourth-order valence-corrected chi connectivity index (χ4v) is 2.89. The Balaban J connectivity index is 0.000000296. The van der Waals surface area contributed by atoms with Gasteiger partial charge in [0, 0.05) is 12.8 Å². The molecule has 1 saturated heterocycles. The SMILES string of the molecule is CCCCCCOc1ccc(C(=O)O)cc1.O=C1CCCCCCCCC(=O)O1. The van der Waals surface area contributed by atoms with E-state index in [1.165, 1.54) is 32.1 Å². The highest BCUT2D eigenvalue weighted by Gasteiger charge is 2.10. The molecule has 0 radical (unpaired) electrons. The fourth-order valence-electron chi connectivity index (χ4n) is 2.89. The molecule has 1 aliphatic heterocycles. The number of hydrogen-bond donors (Lipinski definition) is 1. The van der Waals surface area contributed by atoms with Crippen LogP contribution in [0.1, 0.15) is 94.3 Å². The normalized spacial score (nSPS) is 15.3. The summed E-state index contributed by atoms with van der Waals surface area (Å²) in [7, 11) is 0. The number of carbonyl (C=O) groups is 3. The van der Waals surface area contributed by atoms with Gasteiger partial charge >= 0.3 is 17.9 Å². The molecule has 1 aliphatic rings. The summed E-state index contributed by atoms with van der Waals surface area (Å²) in [5.41, 5.74) is 0.290. The fraction of sp³-hybridized carbons (Fsp3) is 0.609. The monoisotopic (exact) mass is 406 g/mol. The predicted octanol–water partition coefficient (Wildman–Crippen LogP) is 5.53. The number of aromatic carboxylic acids is 1. The average Bonchev–Trinajstić information content (AvgIpc) is 2.74. The number of carboxylic acids is 1. The Kier molecular flexibility index (Phi) is 13.2. The lowest BCUT2D eigenvalue weighted by atomic mass is 10.1. The average molecular weight is 407 g/mol. The van der Waals surface area contributed by atoms with Crippen LogP contribution in [0.2, 0.25) is 0 Å². The number of cyclic esters (lactones) is 2. The van der Waals surface area contributed by atoms with E-state index in [2.05, 4.69) is 11.7 Å². The van der Waals surface area contributed by atoms with Crippen LogP contribution in [0.5, 0.6) is 5.75 Å². The Morgan fingerprint density at radius 2 is 1.45 bits per heavy atom. The molecule has 1 aromatic rings. The molecular weight excluding hydrogens is 372 g/mol. The topological polar surface area (TPSA) is 89.9 Å². The first-order valence-electron chi connectivity index (χ1n) is 10.7. The van der Waals surface area contributed by atoms with E-state index in [0.717, 1.165) is 37.9 Å². The number of hydrogen-bond acceptors (Lipinski definition) is 5. The molecule has 0 saturated carbocycles. The molecule has 29 heavy (non-hydrogen) atoms. The minimum absolute atomic E-state index is 0.290. The zero-order valence-electron chi connectivity index (χ0n) is 17.5. The van der Waals surface area contributed by atoms with Gasteiger partial charge in [0.05, 0.1) is 12.2 Å². The molecule has 0 bridgehead atoms. The van der Waals surface area contributed by atoms with Gasteiger partial charge in [0.2, 0.25) is 0 Å². The first-order valence-corrected chi connectivity index (χ1v) is 10.7. The highest BCUT2D eigenvalue weighted by Crippen LogP contribution is 2.13. The third-order valence-electron chi connectivity index (χ3n) is 4.61. The van der Waals surface area contributed by atoms with Gasteiger partial charge in [-0.05, 0) is 43.5 Å². The summed E-state index contributed by atoms with van der Waals surface area (Å²) >= 11 is 0. The number of esters is 2. The summed E-state index contributed by atoms with van der Waals surface area (Å²) in [5, 5.41) is 8.71. The van der Waals surface area contributed by atoms with Crippen molar-refractivity contribution >= 4 is 17.9 Å². The van der Waals surface area contributed by atoms with Crippen molar-refractivity contribution in [2.24, 2.45) is 0 Å². The summed E-state index contributed by atoms with van der Waals surface area (Å²) in [6, 6.07) is 6.51. The Labute approximate surface area is 173 Å². The molecule has 0 aromatic heterocycles. The minimum atomic E-state index is -0.908. The van der Waals surface area contributed by atoms with Crippen molar-refractivity contribution in [3.8, 4) is 5.75 Å². The van der Waals surface area contributed by atoms with Crippen LogP contribution in [0, 0.1) is 0 Å². The number of carboxylic acid groups (broad SMARTS) is 1. The Hall–Kier alpha value is -2.37. The third kappa shape index (κ3) is 12.7. The van der Waals surface area contributed by atoms with Crippen molar-refractivity contribution < 1.29 is 29.0 Å². The van der Waals surface area contributed by atoms with E-state index in [1.807, 2.05) is 0 Å². The molecule has 0 atom stereocenters. The Morgan fingerprint density at radius 1 is 0.897 bits per heavy atom. The van der Waals surface area contributed by atoms with Crippen LogP contribution >= 0.6 is 0 Å². The van der Waals surface area contributed by atoms with Gasteiger partial charge in [-0.2, -0.15) is 0 Å².